The summed E-state index contributed by atoms with van der Waals surface area (Å²) in [4.78, 5) is 29.1. The second-order valence-electron chi connectivity index (χ2n) is 7.67. The number of piperidine rings is 1. The van der Waals surface area contributed by atoms with Gasteiger partial charge in [0, 0.05) is 24.7 Å². The van der Waals surface area contributed by atoms with Crippen molar-refractivity contribution in [2.75, 3.05) is 25.0 Å². The molecule has 6 nitrogen and oxygen atoms in total. The van der Waals surface area contributed by atoms with Crippen molar-refractivity contribution in [2.45, 2.75) is 32.0 Å². The van der Waals surface area contributed by atoms with Crippen molar-refractivity contribution in [2.24, 2.45) is 0 Å². The molecular weight excluding hydrogens is 354 g/mol. The molecule has 1 unspecified atom stereocenters. The second-order valence-corrected chi connectivity index (χ2v) is 7.67. The zero-order valence-corrected chi connectivity index (χ0v) is 16.0. The van der Waals surface area contributed by atoms with Gasteiger partial charge >= 0.3 is 6.09 Å². The highest BCUT2D eigenvalue weighted by Crippen LogP contribution is 2.38. The topological polar surface area (TPSA) is 64.1 Å². The van der Waals surface area contributed by atoms with Crippen LogP contribution in [0.1, 0.15) is 24.0 Å². The molecule has 0 spiro atoms. The average molecular weight is 379 g/mol. The number of rotatable bonds is 4. The third-order valence-electron chi connectivity index (χ3n) is 5.83. The Balaban J connectivity index is 1.75. The highest BCUT2D eigenvalue weighted by molar-refractivity contribution is 5.89. The van der Waals surface area contributed by atoms with E-state index in [1.165, 1.54) is 4.90 Å². The van der Waals surface area contributed by atoms with Crippen LogP contribution in [0, 0.1) is 0 Å². The molecule has 2 aliphatic rings. The number of benzene rings is 2. The van der Waals surface area contributed by atoms with Gasteiger partial charge in [0.1, 0.15) is 0 Å². The number of amides is 2. The highest BCUT2D eigenvalue weighted by Gasteiger charge is 2.29. The van der Waals surface area contributed by atoms with Gasteiger partial charge in [-0.2, -0.15) is 0 Å². The Morgan fingerprint density at radius 1 is 1.14 bits per heavy atom. The smallest absolute Gasteiger partial charge is 0.407 e. The van der Waals surface area contributed by atoms with Gasteiger partial charge in [-0.25, -0.2) is 4.79 Å². The van der Waals surface area contributed by atoms with Gasteiger partial charge in [0.25, 0.3) is 0 Å². The number of carbonyl (C=O) groups is 2. The van der Waals surface area contributed by atoms with Crippen LogP contribution < -0.4 is 4.90 Å². The fraction of sp³-hybridized carbons (Fsp3) is 0.364. The number of carbonyl (C=O) groups excluding carboxylic acids is 1. The van der Waals surface area contributed by atoms with Crippen LogP contribution in [0.5, 0.6) is 0 Å². The molecule has 6 heteroatoms. The molecule has 2 heterocycles. The number of fused-ring (bicyclic) bond motifs is 1. The number of para-hydroxylation sites is 1. The normalized spacial score (nSPS) is 19.3. The molecule has 2 amide bonds. The molecule has 28 heavy (non-hydrogen) atoms. The van der Waals surface area contributed by atoms with E-state index >= 15 is 0 Å². The summed E-state index contributed by atoms with van der Waals surface area (Å²) in [5, 5.41) is 9.39. The third kappa shape index (κ3) is 3.36. The fourth-order valence-corrected chi connectivity index (χ4v) is 4.44. The molecule has 2 aromatic carbocycles. The van der Waals surface area contributed by atoms with E-state index in [1.54, 1.807) is 0 Å². The minimum absolute atomic E-state index is 0.143. The van der Waals surface area contributed by atoms with E-state index in [-0.39, 0.29) is 6.04 Å². The Morgan fingerprint density at radius 2 is 1.93 bits per heavy atom. The summed E-state index contributed by atoms with van der Waals surface area (Å²) in [6, 6.07) is 14.1. The largest absolute Gasteiger partial charge is 0.465 e. The number of carboxylic acid groups (broad SMARTS) is 1. The number of likely N-dealkylation sites (N-methyl/N-ethyl adjacent to an activating group) is 1. The predicted octanol–water partition coefficient (Wildman–Crippen LogP) is 3.40. The molecule has 0 saturated carbocycles. The predicted molar refractivity (Wildman–Crippen MR) is 108 cm³/mol. The molecular formula is C22H25N3O3. The van der Waals surface area contributed by atoms with Crippen LogP contribution in [-0.2, 0) is 17.9 Å². The first kappa shape index (κ1) is 18.5. The lowest BCUT2D eigenvalue weighted by Crippen LogP contribution is -2.46. The van der Waals surface area contributed by atoms with Crippen LogP contribution in [0.3, 0.4) is 0 Å². The molecule has 0 aliphatic carbocycles. The van der Waals surface area contributed by atoms with Gasteiger partial charge in [-0.1, -0.05) is 36.4 Å². The lowest BCUT2D eigenvalue weighted by molar-refractivity contribution is -0.108. The Kier molecular flexibility index (Phi) is 5.05. The molecule has 1 saturated heterocycles. The molecule has 1 N–H and O–H groups in total. The first-order chi connectivity index (χ1) is 13.6. The SMILES string of the molecule is CN1CCCC(N(C=O)c2ccccc2-c2cccc3c2CN(C(=O)O)C3)C1. The number of hydrogen-bond acceptors (Lipinski definition) is 3. The van der Waals surface area contributed by atoms with Crippen LogP contribution in [0.2, 0.25) is 0 Å². The average Bonchev–Trinajstić information content (AvgIpc) is 3.14. The van der Waals surface area contributed by atoms with Gasteiger partial charge in [0.15, 0.2) is 0 Å². The Hall–Kier alpha value is -2.86. The van der Waals surface area contributed by atoms with E-state index in [1.807, 2.05) is 47.4 Å². The van der Waals surface area contributed by atoms with Gasteiger partial charge in [0.05, 0.1) is 12.2 Å². The Morgan fingerprint density at radius 3 is 2.68 bits per heavy atom. The van der Waals surface area contributed by atoms with E-state index in [0.717, 1.165) is 60.3 Å². The minimum atomic E-state index is -0.907. The lowest BCUT2D eigenvalue weighted by atomic mass is 9.94. The van der Waals surface area contributed by atoms with Gasteiger partial charge in [-0.3, -0.25) is 9.69 Å². The van der Waals surface area contributed by atoms with Crippen molar-refractivity contribution in [3.05, 3.63) is 53.6 Å². The standard InChI is InChI=1S/C22H25N3O3/c1-23-11-5-7-17(13-23)25(15-26)21-10-3-2-8-19(21)18-9-4-6-16-12-24(22(27)28)14-20(16)18/h2-4,6,8-10,15,17H,5,7,11-14H2,1H3,(H,27,28). The van der Waals surface area contributed by atoms with E-state index < -0.39 is 6.09 Å². The van der Waals surface area contributed by atoms with Gasteiger partial charge in [-0.15, -0.1) is 0 Å². The van der Waals surface area contributed by atoms with Crippen molar-refractivity contribution in [3.63, 3.8) is 0 Å². The van der Waals surface area contributed by atoms with Crippen LogP contribution >= 0.6 is 0 Å². The van der Waals surface area contributed by atoms with Crippen molar-refractivity contribution in [1.29, 1.82) is 0 Å². The molecule has 1 fully saturated rings. The third-order valence-corrected chi connectivity index (χ3v) is 5.83. The quantitative estimate of drug-likeness (QED) is 0.827. The summed E-state index contributed by atoms with van der Waals surface area (Å²) in [5.74, 6) is 0. The first-order valence-electron chi connectivity index (χ1n) is 9.68. The van der Waals surface area contributed by atoms with E-state index in [4.69, 9.17) is 0 Å². The summed E-state index contributed by atoms with van der Waals surface area (Å²) in [7, 11) is 2.09. The fourth-order valence-electron chi connectivity index (χ4n) is 4.44. The summed E-state index contributed by atoms with van der Waals surface area (Å²) in [6.07, 6.45) is 2.09. The van der Waals surface area contributed by atoms with Crippen molar-refractivity contribution >= 4 is 18.2 Å². The molecule has 146 valence electrons. The second kappa shape index (κ2) is 7.64. The molecule has 4 rings (SSSR count). The van der Waals surface area contributed by atoms with Crippen LogP contribution in [0.25, 0.3) is 11.1 Å². The number of nitrogens with zero attached hydrogens (tertiary/aromatic N) is 3. The monoisotopic (exact) mass is 379 g/mol. The Labute approximate surface area is 165 Å². The van der Waals surface area contributed by atoms with E-state index in [2.05, 4.69) is 11.9 Å². The summed E-state index contributed by atoms with van der Waals surface area (Å²) in [5.41, 5.74) is 4.94. The van der Waals surface area contributed by atoms with Crippen molar-refractivity contribution < 1.29 is 14.7 Å². The molecule has 0 radical (unpaired) electrons. The van der Waals surface area contributed by atoms with Gasteiger partial charge in [-0.05, 0) is 49.2 Å². The first-order valence-corrected chi connectivity index (χ1v) is 9.68. The number of anilines is 1. The van der Waals surface area contributed by atoms with Gasteiger partial charge < -0.3 is 14.9 Å². The zero-order valence-electron chi connectivity index (χ0n) is 16.0. The summed E-state index contributed by atoms with van der Waals surface area (Å²) >= 11 is 0. The number of hydrogen-bond donors (Lipinski definition) is 1. The van der Waals surface area contributed by atoms with E-state index in [0.29, 0.717) is 13.1 Å². The van der Waals surface area contributed by atoms with Crippen LogP contribution in [0.15, 0.2) is 42.5 Å². The minimum Gasteiger partial charge on any atom is -0.465 e. The van der Waals surface area contributed by atoms with Crippen LogP contribution in [-0.4, -0.2) is 53.6 Å². The molecule has 1 atom stereocenters. The molecule has 0 bridgehead atoms. The van der Waals surface area contributed by atoms with Crippen LogP contribution in [0.4, 0.5) is 10.5 Å². The maximum absolute atomic E-state index is 12.1. The maximum Gasteiger partial charge on any atom is 0.407 e. The lowest BCUT2D eigenvalue weighted by Gasteiger charge is -2.36. The summed E-state index contributed by atoms with van der Waals surface area (Å²) < 4.78 is 0. The number of likely N-dealkylation sites (tertiary alicyclic amines) is 1. The van der Waals surface area contributed by atoms with Gasteiger partial charge in [0.2, 0.25) is 6.41 Å². The van der Waals surface area contributed by atoms with E-state index in [9.17, 15) is 14.7 Å². The molecule has 2 aliphatic heterocycles. The molecule has 0 aromatic heterocycles. The summed E-state index contributed by atoms with van der Waals surface area (Å²) in [6.45, 7) is 2.70. The zero-order chi connectivity index (χ0) is 19.7. The van der Waals surface area contributed by atoms with Crippen molar-refractivity contribution in [3.8, 4) is 11.1 Å². The highest BCUT2D eigenvalue weighted by atomic mass is 16.4. The molecule has 2 aromatic rings. The Bertz CT molecular complexity index is 898. The maximum atomic E-state index is 12.1. The van der Waals surface area contributed by atoms with Crippen molar-refractivity contribution in [1.82, 2.24) is 9.80 Å².